The Morgan fingerprint density at radius 3 is 2.52 bits per heavy atom. The summed E-state index contributed by atoms with van der Waals surface area (Å²) < 4.78 is 0. The van der Waals surface area contributed by atoms with Crippen molar-refractivity contribution in [2.24, 2.45) is 11.7 Å². The minimum Gasteiger partial charge on any atom is -0.369 e. The highest BCUT2D eigenvalue weighted by Crippen LogP contribution is 2.19. The first kappa shape index (κ1) is 15.4. The third-order valence-corrected chi connectivity index (χ3v) is 3.94. The zero-order chi connectivity index (χ0) is 15.4. The number of nitrogens with one attached hydrogen (secondary N) is 1. The van der Waals surface area contributed by atoms with Crippen LogP contribution < -0.4 is 11.1 Å². The van der Waals surface area contributed by atoms with Crippen LogP contribution in [0.15, 0.2) is 24.3 Å². The van der Waals surface area contributed by atoms with Gasteiger partial charge in [-0.05, 0) is 36.5 Å². The number of amides is 3. The maximum absolute atomic E-state index is 12.2. The number of hydrogen-bond acceptors (Lipinski definition) is 2. The van der Waals surface area contributed by atoms with Crippen LogP contribution in [-0.4, -0.2) is 29.9 Å². The third kappa shape index (κ3) is 3.97. The van der Waals surface area contributed by atoms with Crippen LogP contribution in [0.25, 0.3) is 0 Å². The first-order chi connectivity index (χ1) is 9.97. The fourth-order valence-corrected chi connectivity index (χ4v) is 2.55. The van der Waals surface area contributed by atoms with E-state index in [2.05, 4.69) is 19.2 Å². The van der Waals surface area contributed by atoms with Crippen molar-refractivity contribution >= 4 is 17.6 Å². The Bertz CT molecular complexity index is 511. The first-order valence-corrected chi connectivity index (χ1v) is 7.42. The largest absolute Gasteiger partial charge is 0.369 e. The van der Waals surface area contributed by atoms with E-state index in [0.717, 1.165) is 18.5 Å². The quantitative estimate of drug-likeness (QED) is 0.897. The molecule has 5 heteroatoms. The van der Waals surface area contributed by atoms with Crippen molar-refractivity contribution in [1.29, 1.82) is 0 Å². The molecule has 5 nitrogen and oxygen atoms in total. The van der Waals surface area contributed by atoms with Gasteiger partial charge in [0.05, 0.1) is 5.92 Å². The molecule has 3 amide bonds. The Hall–Kier alpha value is -2.04. The van der Waals surface area contributed by atoms with Gasteiger partial charge < -0.3 is 16.0 Å². The summed E-state index contributed by atoms with van der Waals surface area (Å²) in [5.41, 5.74) is 7.33. The number of nitrogens with two attached hydrogens (primary N) is 1. The molecule has 1 aliphatic rings. The van der Waals surface area contributed by atoms with E-state index in [4.69, 9.17) is 5.73 Å². The summed E-state index contributed by atoms with van der Waals surface area (Å²) in [6.07, 6.45) is 1.58. The van der Waals surface area contributed by atoms with Crippen molar-refractivity contribution in [3.8, 4) is 0 Å². The highest BCUT2D eigenvalue weighted by Gasteiger charge is 2.26. The van der Waals surface area contributed by atoms with Gasteiger partial charge in [0.2, 0.25) is 5.91 Å². The average molecular weight is 289 g/mol. The van der Waals surface area contributed by atoms with Gasteiger partial charge in [0, 0.05) is 18.8 Å². The van der Waals surface area contributed by atoms with Crippen LogP contribution in [0.5, 0.6) is 0 Å². The minimum atomic E-state index is -0.325. The van der Waals surface area contributed by atoms with E-state index in [1.54, 1.807) is 4.90 Å². The maximum atomic E-state index is 12.2. The fourth-order valence-electron chi connectivity index (χ4n) is 2.55. The van der Waals surface area contributed by atoms with Crippen molar-refractivity contribution in [2.75, 3.05) is 18.4 Å². The molecule has 1 fully saturated rings. The van der Waals surface area contributed by atoms with E-state index in [0.29, 0.717) is 19.0 Å². The van der Waals surface area contributed by atoms with Gasteiger partial charge >= 0.3 is 6.03 Å². The summed E-state index contributed by atoms with van der Waals surface area (Å²) >= 11 is 0. The van der Waals surface area contributed by atoms with Crippen LogP contribution >= 0.6 is 0 Å². The number of rotatable bonds is 3. The lowest BCUT2D eigenvalue weighted by atomic mass is 9.98. The molecule has 114 valence electrons. The monoisotopic (exact) mass is 289 g/mol. The predicted octanol–water partition coefficient (Wildman–Crippen LogP) is 2.54. The van der Waals surface area contributed by atoms with Gasteiger partial charge in [0.25, 0.3) is 0 Å². The van der Waals surface area contributed by atoms with Gasteiger partial charge in [-0.3, -0.25) is 4.79 Å². The second-order valence-electron chi connectivity index (χ2n) is 5.89. The molecule has 21 heavy (non-hydrogen) atoms. The minimum absolute atomic E-state index is 0.168. The van der Waals surface area contributed by atoms with Gasteiger partial charge in [-0.1, -0.05) is 26.0 Å². The second-order valence-corrected chi connectivity index (χ2v) is 5.89. The van der Waals surface area contributed by atoms with Crippen LogP contribution in [0.2, 0.25) is 0 Å². The molecule has 0 aliphatic carbocycles. The van der Waals surface area contributed by atoms with Gasteiger partial charge in [-0.15, -0.1) is 0 Å². The zero-order valence-electron chi connectivity index (χ0n) is 12.6. The number of carbonyl (C=O) groups is 2. The van der Waals surface area contributed by atoms with Crippen molar-refractivity contribution in [1.82, 2.24) is 4.90 Å². The van der Waals surface area contributed by atoms with Crippen molar-refractivity contribution in [3.05, 3.63) is 29.8 Å². The Labute approximate surface area is 125 Å². The van der Waals surface area contributed by atoms with Crippen LogP contribution in [-0.2, 0) is 4.79 Å². The zero-order valence-corrected chi connectivity index (χ0v) is 12.6. The summed E-state index contributed by atoms with van der Waals surface area (Å²) in [6.45, 7) is 5.33. The Kier molecular flexibility index (Phi) is 4.83. The summed E-state index contributed by atoms with van der Waals surface area (Å²) in [4.78, 5) is 25.1. The molecule has 1 unspecified atom stereocenters. The summed E-state index contributed by atoms with van der Waals surface area (Å²) in [5.74, 6) is -0.0882. The van der Waals surface area contributed by atoms with Gasteiger partial charge in [0.1, 0.15) is 0 Å². The molecule has 1 atom stereocenters. The number of carbonyl (C=O) groups excluding carboxylic acids is 2. The number of likely N-dealkylation sites (tertiary alicyclic amines) is 1. The Balaban J connectivity index is 1.96. The molecular formula is C16H23N3O2. The molecule has 1 heterocycles. The molecule has 0 aromatic heterocycles. The normalized spacial score (nSPS) is 18.6. The molecule has 1 aliphatic heterocycles. The molecular weight excluding hydrogens is 266 g/mol. The number of benzene rings is 1. The molecule has 0 bridgehead atoms. The maximum Gasteiger partial charge on any atom is 0.321 e. The van der Waals surface area contributed by atoms with E-state index < -0.39 is 0 Å². The van der Waals surface area contributed by atoms with E-state index in [9.17, 15) is 9.59 Å². The predicted molar refractivity (Wildman–Crippen MR) is 83.0 cm³/mol. The average Bonchev–Trinajstić information content (AvgIpc) is 2.48. The number of piperidine rings is 1. The van der Waals surface area contributed by atoms with Crippen LogP contribution in [0, 0.1) is 5.92 Å². The van der Waals surface area contributed by atoms with Crippen molar-refractivity contribution in [3.63, 3.8) is 0 Å². The topological polar surface area (TPSA) is 75.4 Å². The Morgan fingerprint density at radius 1 is 1.29 bits per heavy atom. The van der Waals surface area contributed by atoms with Gasteiger partial charge in [-0.25, -0.2) is 4.79 Å². The highest BCUT2D eigenvalue weighted by atomic mass is 16.2. The van der Waals surface area contributed by atoms with Crippen LogP contribution in [0.4, 0.5) is 10.5 Å². The molecule has 0 radical (unpaired) electrons. The van der Waals surface area contributed by atoms with E-state index in [1.165, 1.54) is 5.56 Å². The smallest absolute Gasteiger partial charge is 0.321 e. The molecule has 1 aromatic rings. The molecule has 3 N–H and O–H groups in total. The van der Waals surface area contributed by atoms with Crippen LogP contribution in [0.3, 0.4) is 0 Å². The van der Waals surface area contributed by atoms with E-state index >= 15 is 0 Å². The number of hydrogen-bond donors (Lipinski definition) is 2. The van der Waals surface area contributed by atoms with Gasteiger partial charge in [0.15, 0.2) is 0 Å². The third-order valence-electron chi connectivity index (χ3n) is 3.94. The molecule has 1 aromatic carbocycles. The number of anilines is 1. The molecule has 2 rings (SSSR count). The lowest BCUT2D eigenvalue weighted by Crippen LogP contribution is -2.45. The number of urea groups is 1. The fraction of sp³-hybridized carbons (Fsp3) is 0.500. The van der Waals surface area contributed by atoms with Gasteiger partial charge in [-0.2, -0.15) is 0 Å². The SMILES string of the molecule is CC(C)c1ccc(NC(=O)N2CCCC(C(N)=O)C2)cc1. The second kappa shape index (κ2) is 6.61. The van der Waals surface area contributed by atoms with E-state index in [1.807, 2.05) is 24.3 Å². The number of nitrogens with zero attached hydrogens (tertiary/aromatic N) is 1. The number of primary amides is 1. The molecule has 0 saturated carbocycles. The Morgan fingerprint density at radius 2 is 1.95 bits per heavy atom. The van der Waals surface area contributed by atoms with Crippen LogP contribution in [0.1, 0.15) is 38.2 Å². The summed E-state index contributed by atoms with van der Waals surface area (Å²) in [5, 5.41) is 2.87. The first-order valence-electron chi connectivity index (χ1n) is 7.42. The highest BCUT2D eigenvalue weighted by molar-refractivity contribution is 5.90. The molecule has 1 saturated heterocycles. The lowest BCUT2D eigenvalue weighted by Gasteiger charge is -2.31. The van der Waals surface area contributed by atoms with Crippen molar-refractivity contribution < 1.29 is 9.59 Å². The molecule has 0 spiro atoms. The van der Waals surface area contributed by atoms with Crippen molar-refractivity contribution in [2.45, 2.75) is 32.6 Å². The standard InChI is InChI=1S/C16H23N3O2/c1-11(2)12-5-7-14(8-6-12)18-16(21)19-9-3-4-13(10-19)15(17)20/h5-8,11,13H,3-4,9-10H2,1-2H3,(H2,17,20)(H,18,21). The summed E-state index contributed by atoms with van der Waals surface area (Å²) in [6, 6.07) is 7.68. The lowest BCUT2D eigenvalue weighted by molar-refractivity contribution is -0.123. The van der Waals surface area contributed by atoms with E-state index in [-0.39, 0.29) is 17.9 Å². The summed E-state index contributed by atoms with van der Waals surface area (Å²) in [7, 11) is 0.